The molecule has 0 bridgehead atoms. The molecule has 3 aromatic carbocycles. The minimum Gasteiger partial charge on any atom is -0.490 e. The number of benzene rings is 3. The van der Waals surface area contributed by atoms with Crippen LogP contribution in [-0.4, -0.2) is 25.1 Å². The number of Topliss-reactive ketones (excluding diaryl/α,β-unsaturated/α-hetero) is 1. The van der Waals surface area contributed by atoms with E-state index in [9.17, 15) is 4.79 Å². The number of ketones is 1. The Morgan fingerprint density at radius 1 is 0.879 bits per heavy atom. The monoisotopic (exact) mass is 442 g/mol. The van der Waals surface area contributed by atoms with Crippen molar-refractivity contribution < 1.29 is 14.3 Å². The van der Waals surface area contributed by atoms with Crippen molar-refractivity contribution in [1.82, 2.24) is 0 Å². The molecule has 0 aliphatic rings. The number of hydrogen-bond donors (Lipinski definition) is 0. The first kappa shape index (κ1) is 24.5. The van der Waals surface area contributed by atoms with Gasteiger partial charge in [-0.05, 0) is 66.3 Å². The molecule has 0 spiro atoms. The Morgan fingerprint density at radius 2 is 1.55 bits per heavy atom. The van der Waals surface area contributed by atoms with Crippen molar-refractivity contribution in [3.05, 3.63) is 96.1 Å². The molecule has 0 N–H and O–H groups in total. The Kier molecular flexibility index (Phi) is 9.46. The van der Waals surface area contributed by atoms with Crippen molar-refractivity contribution >= 4 is 11.4 Å². The zero-order chi connectivity index (χ0) is 23.5. The lowest BCUT2D eigenvalue weighted by Crippen LogP contribution is -2.25. The number of hydrogen-bond acceptors (Lipinski definition) is 3. The molecule has 1 atom stereocenters. The maximum atomic E-state index is 11.9. The van der Waals surface area contributed by atoms with E-state index >= 15 is 0 Å². The molecule has 3 rings (SSSR count). The molecule has 0 aliphatic heterocycles. The third-order valence-corrected chi connectivity index (χ3v) is 5.70. The Balaban J connectivity index is 1.51. The zero-order valence-corrected chi connectivity index (χ0v) is 19.9. The van der Waals surface area contributed by atoms with Crippen LogP contribution in [0.1, 0.15) is 44.7 Å². The molecule has 0 aromatic heterocycles. The van der Waals surface area contributed by atoms with Crippen LogP contribution in [0.15, 0.2) is 84.9 Å². The summed E-state index contributed by atoms with van der Waals surface area (Å²) in [5.41, 5.74) is 5.88. The molecule has 3 aromatic rings. The summed E-state index contributed by atoms with van der Waals surface area (Å²) in [7, 11) is 0. The van der Waals surface area contributed by atoms with Gasteiger partial charge in [-0.1, -0.05) is 80.1 Å². The van der Waals surface area contributed by atoms with Crippen LogP contribution < -0.4 is 4.74 Å². The van der Waals surface area contributed by atoms with Crippen LogP contribution in [0, 0.1) is 0 Å². The maximum absolute atomic E-state index is 11.9. The Labute approximate surface area is 198 Å². The molecule has 0 radical (unpaired) electrons. The summed E-state index contributed by atoms with van der Waals surface area (Å²) in [6.07, 6.45) is 4.35. The second-order valence-corrected chi connectivity index (χ2v) is 8.31. The molecule has 33 heavy (non-hydrogen) atoms. The van der Waals surface area contributed by atoms with Crippen molar-refractivity contribution in [2.45, 2.75) is 46.1 Å². The number of carbonyl (C=O) groups excluding carboxylic acids is 1. The molecule has 0 fully saturated rings. The molecule has 0 aliphatic carbocycles. The van der Waals surface area contributed by atoms with E-state index in [-0.39, 0.29) is 11.9 Å². The van der Waals surface area contributed by atoms with Gasteiger partial charge in [-0.2, -0.15) is 0 Å². The molecule has 0 heterocycles. The van der Waals surface area contributed by atoms with Gasteiger partial charge in [-0.3, -0.25) is 4.79 Å². The molecular formula is C30H34O3. The largest absolute Gasteiger partial charge is 0.490 e. The van der Waals surface area contributed by atoms with Crippen molar-refractivity contribution in [2.24, 2.45) is 0 Å². The third kappa shape index (κ3) is 7.73. The lowest BCUT2D eigenvalue weighted by molar-refractivity contribution is -0.128. The van der Waals surface area contributed by atoms with Crippen LogP contribution in [0.4, 0.5) is 0 Å². The van der Waals surface area contributed by atoms with E-state index in [1.165, 1.54) is 22.3 Å². The van der Waals surface area contributed by atoms with Crippen LogP contribution in [0.2, 0.25) is 0 Å². The van der Waals surface area contributed by atoms with E-state index < -0.39 is 0 Å². The van der Waals surface area contributed by atoms with E-state index in [4.69, 9.17) is 9.47 Å². The number of unbranched alkanes of at least 4 members (excludes halogenated alkanes) is 1. The van der Waals surface area contributed by atoms with Crippen molar-refractivity contribution in [2.75, 3.05) is 13.2 Å². The topological polar surface area (TPSA) is 35.5 Å². The Bertz CT molecular complexity index is 1020. The first-order chi connectivity index (χ1) is 16.1. The fourth-order valence-corrected chi connectivity index (χ4v) is 3.56. The van der Waals surface area contributed by atoms with Gasteiger partial charge < -0.3 is 9.47 Å². The molecule has 0 saturated carbocycles. The van der Waals surface area contributed by atoms with Crippen LogP contribution in [-0.2, 0) is 16.0 Å². The Morgan fingerprint density at radius 3 is 2.18 bits per heavy atom. The summed E-state index contributed by atoms with van der Waals surface area (Å²) in [6.45, 7) is 6.94. The van der Waals surface area contributed by atoms with Gasteiger partial charge in [0.2, 0.25) is 0 Å². The van der Waals surface area contributed by atoms with E-state index in [0.29, 0.717) is 19.6 Å². The predicted molar refractivity (Wildman–Crippen MR) is 136 cm³/mol. The van der Waals surface area contributed by atoms with Crippen molar-refractivity contribution in [1.29, 1.82) is 0 Å². The highest BCUT2D eigenvalue weighted by Crippen LogP contribution is 2.22. The first-order valence-corrected chi connectivity index (χ1v) is 11.7. The van der Waals surface area contributed by atoms with E-state index in [1.807, 2.05) is 30.3 Å². The quantitative estimate of drug-likeness (QED) is 0.279. The van der Waals surface area contributed by atoms with Gasteiger partial charge in [-0.15, -0.1) is 0 Å². The van der Waals surface area contributed by atoms with E-state index in [2.05, 4.69) is 68.5 Å². The van der Waals surface area contributed by atoms with Crippen molar-refractivity contribution in [3.8, 4) is 16.9 Å². The highest BCUT2D eigenvalue weighted by Gasteiger charge is 2.15. The van der Waals surface area contributed by atoms with E-state index in [1.54, 1.807) is 6.92 Å². The van der Waals surface area contributed by atoms with E-state index in [0.717, 1.165) is 24.2 Å². The van der Waals surface area contributed by atoms with Gasteiger partial charge in [0, 0.05) is 13.0 Å². The molecule has 172 valence electrons. The maximum Gasteiger partial charge on any atom is 0.158 e. The minimum absolute atomic E-state index is 0.0730. The SMILES string of the molecule is CCCCOC(Cc1ccc(OC/C=C(\C)c2ccc(-c3ccccc3)cc2)cc1)C(C)=O. The second-order valence-electron chi connectivity index (χ2n) is 8.31. The zero-order valence-electron chi connectivity index (χ0n) is 19.9. The summed E-state index contributed by atoms with van der Waals surface area (Å²) in [6, 6.07) is 26.9. The summed E-state index contributed by atoms with van der Waals surface area (Å²) in [5.74, 6) is 0.886. The Hall–Kier alpha value is -3.17. The summed E-state index contributed by atoms with van der Waals surface area (Å²) < 4.78 is 11.7. The van der Waals surface area contributed by atoms with Gasteiger partial charge in [0.05, 0.1) is 0 Å². The molecule has 0 amide bonds. The first-order valence-electron chi connectivity index (χ1n) is 11.7. The molecule has 3 nitrogen and oxygen atoms in total. The number of rotatable bonds is 12. The summed E-state index contributed by atoms with van der Waals surface area (Å²) in [5, 5.41) is 0. The number of allylic oxidation sites excluding steroid dienone is 1. The van der Waals surface area contributed by atoms with Gasteiger partial charge in [0.15, 0.2) is 5.78 Å². The normalized spacial score (nSPS) is 12.4. The molecule has 0 saturated heterocycles. The highest BCUT2D eigenvalue weighted by atomic mass is 16.5. The van der Waals surface area contributed by atoms with Gasteiger partial charge in [0.25, 0.3) is 0 Å². The van der Waals surface area contributed by atoms with Crippen LogP contribution in [0.25, 0.3) is 16.7 Å². The predicted octanol–water partition coefficient (Wildman–Crippen LogP) is 7.15. The average Bonchev–Trinajstić information content (AvgIpc) is 2.85. The van der Waals surface area contributed by atoms with Crippen LogP contribution >= 0.6 is 0 Å². The fraction of sp³-hybridized carbons (Fsp3) is 0.300. The summed E-state index contributed by atoms with van der Waals surface area (Å²) in [4.78, 5) is 11.9. The third-order valence-electron chi connectivity index (χ3n) is 5.70. The fourth-order valence-electron chi connectivity index (χ4n) is 3.56. The van der Waals surface area contributed by atoms with Crippen molar-refractivity contribution in [3.63, 3.8) is 0 Å². The highest BCUT2D eigenvalue weighted by molar-refractivity contribution is 5.80. The molecule has 3 heteroatoms. The van der Waals surface area contributed by atoms with Gasteiger partial charge in [-0.25, -0.2) is 0 Å². The van der Waals surface area contributed by atoms with Gasteiger partial charge in [0.1, 0.15) is 18.5 Å². The van der Waals surface area contributed by atoms with Gasteiger partial charge >= 0.3 is 0 Å². The number of ether oxygens (including phenoxy) is 2. The second kappa shape index (κ2) is 12.8. The standard InChI is InChI=1S/C30H34O3/c1-4-5-20-33-30(24(3)31)22-25-11-17-29(18-12-25)32-21-19-23(2)26-13-15-28(16-14-26)27-9-7-6-8-10-27/h6-19,30H,4-5,20-22H2,1-3H3/b23-19+. The lowest BCUT2D eigenvalue weighted by Gasteiger charge is -2.15. The lowest BCUT2D eigenvalue weighted by atomic mass is 10.0. The molecular weight excluding hydrogens is 408 g/mol. The van der Waals surface area contributed by atoms with Crippen LogP contribution in [0.3, 0.4) is 0 Å². The molecule has 1 unspecified atom stereocenters. The van der Waals surface area contributed by atoms with Crippen LogP contribution in [0.5, 0.6) is 5.75 Å². The average molecular weight is 443 g/mol. The minimum atomic E-state index is -0.373. The summed E-state index contributed by atoms with van der Waals surface area (Å²) >= 11 is 0. The number of carbonyl (C=O) groups is 1. The smallest absolute Gasteiger partial charge is 0.158 e.